The lowest BCUT2D eigenvalue weighted by atomic mass is 9.56. The Labute approximate surface area is 72.3 Å². The van der Waals surface area contributed by atoms with Gasteiger partial charge in [-0.05, 0) is 12.3 Å². The first-order valence-electron chi connectivity index (χ1n) is 4.59. The first kappa shape index (κ1) is 7.96. The molecule has 0 N–H and O–H groups in total. The molecule has 3 aliphatic rings. The third kappa shape index (κ3) is 0.869. The molecule has 0 heterocycles. The lowest BCUT2D eigenvalue weighted by Crippen LogP contribution is -2.49. The van der Waals surface area contributed by atoms with Crippen LogP contribution >= 0.6 is 0 Å². The smallest absolute Gasteiger partial charge is 0.139 e. The van der Waals surface area contributed by atoms with Crippen LogP contribution in [0.5, 0.6) is 0 Å². The Hall–Kier alpha value is -0.660. The Kier molecular flexibility index (Phi) is 1.45. The second kappa shape index (κ2) is 2.18. The van der Waals surface area contributed by atoms with Gasteiger partial charge in [0.25, 0.3) is 0 Å². The minimum atomic E-state index is -0.300. The number of fused-ring (bicyclic) bond motifs is 3. The molecule has 0 aromatic rings. The zero-order chi connectivity index (χ0) is 8.93. The van der Waals surface area contributed by atoms with Crippen molar-refractivity contribution in [1.29, 1.82) is 0 Å². The van der Waals surface area contributed by atoms with Gasteiger partial charge >= 0.3 is 0 Å². The van der Waals surface area contributed by atoms with Gasteiger partial charge < -0.3 is 0 Å². The van der Waals surface area contributed by atoms with E-state index >= 15 is 0 Å². The van der Waals surface area contributed by atoms with Gasteiger partial charge in [0.05, 0.1) is 0 Å². The number of ketones is 2. The number of carbonyl (C=O) groups is 2. The molecule has 2 heteroatoms. The molecule has 3 rings (SSSR count). The minimum absolute atomic E-state index is 0.0549. The number of rotatable bonds is 0. The molecule has 0 saturated heterocycles. The summed E-state index contributed by atoms with van der Waals surface area (Å²) >= 11 is 0. The van der Waals surface area contributed by atoms with Crippen LogP contribution in [0.1, 0.15) is 33.1 Å². The predicted octanol–water partition coefficient (Wildman–Crippen LogP) is 1.58. The van der Waals surface area contributed by atoms with E-state index in [1.54, 1.807) is 0 Å². The average molecular weight is 166 g/mol. The van der Waals surface area contributed by atoms with Gasteiger partial charge in [-0.3, -0.25) is 9.59 Å². The third-order valence-corrected chi connectivity index (χ3v) is 3.52. The highest BCUT2D eigenvalue weighted by molar-refractivity contribution is 6.00. The molecule has 3 atom stereocenters. The number of hydrogen-bond acceptors (Lipinski definition) is 2. The predicted molar refractivity (Wildman–Crippen MR) is 44.6 cm³/mol. The Morgan fingerprint density at radius 1 is 1.42 bits per heavy atom. The van der Waals surface area contributed by atoms with Crippen LogP contribution in [0.15, 0.2) is 0 Å². The molecule has 0 amide bonds. The Morgan fingerprint density at radius 2 is 2.08 bits per heavy atom. The zero-order valence-electron chi connectivity index (χ0n) is 7.59. The quantitative estimate of drug-likeness (QED) is 0.547. The van der Waals surface area contributed by atoms with E-state index in [2.05, 4.69) is 6.92 Å². The normalized spacial score (nSPS) is 46.8. The molecular formula is C10H14O2. The topological polar surface area (TPSA) is 34.1 Å². The lowest BCUT2D eigenvalue weighted by molar-refractivity contribution is -0.151. The highest BCUT2D eigenvalue weighted by Crippen LogP contribution is 2.48. The van der Waals surface area contributed by atoms with Crippen molar-refractivity contribution < 1.29 is 9.59 Å². The molecular weight excluding hydrogens is 152 g/mol. The van der Waals surface area contributed by atoms with Crippen LogP contribution in [0, 0.1) is 17.3 Å². The number of carbonyl (C=O) groups excluding carboxylic acids is 2. The summed E-state index contributed by atoms with van der Waals surface area (Å²) in [4.78, 5) is 23.0. The second-order valence-electron chi connectivity index (χ2n) is 4.62. The molecule has 3 aliphatic carbocycles. The zero-order valence-corrected chi connectivity index (χ0v) is 7.59. The van der Waals surface area contributed by atoms with Gasteiger partial charge in [-0.1, -0.05) is 13.8 Å². The summed E-state index contributed by atoms with van der Waals surface area (Å²) in [5.74, 6) is 1.11. The summed E-state index contributed by atoms with van der Waals surface area (Å²) in [6.07, 6.45) is 1.93. The molecule has 0 aromatic heterocycles. The lowest BCUT2D eigenvalue weighted by Gasteiger charge is -2.45. The van der Waals surface area contributed by atoms with E-state index in [0.29, 0.717) is 30.3 Å². The molecule has 0 aromatic carbocycles. The summed E-state index contributed by atoms with van der Waals surface area (Å²) in [5, 5.41) is 0. The summed E-state index contributed by atoms with van der Waals surface area (Å²) in [6, 6.07) is 0. The van der Waals surface area contributed by atoms with Crippen molar-refractivity contribution in [2.24, 2.45) is 17.3 Å². The van der Waals surface area contributed by atoms with E-state index in [0.717, 1.165) is 6.42 Å². The first-order valence-corrected chi connectivity index (χ1v) is 4.59. The van der Waals surface area contributed by atoms with Gasteiger partial charge in [-0.2, -0.15) is 0 Å². The maximum absolute atomic E-state index is 11.5. The fraction of sp³-hybridized carbons (Fsp3) is 0.800. The van der Waals surface area contributed by atoms with Crippen LogP contribution in [0.3, 0.4) is 0 Å². The molecule has 3 saturated carbocycles. The van der Waals surface area contributed by atoms with Crippen LogP contribution in [0.4, 0.5) is 0 Å². The molecule has 3 fully saturated rings. The highest BCUT2D eigenvalue weighted by Gasteiger charge is 2.51. The highest BCUT2D eigenvalue weighted by atomic mass is 16.1. The van der Waals surface area contributed by atoms with Crippen molar-refractivity contribution in [2.75, 3.05) is 0 Å². The van der Waals surface area contributed by atoms with E-state index < -0.39 is 0 Å². The molecule has 2 bridgehead atoms. The SMILES string of the molecule is C[C@H]1C[C@@]2(C)CC(=O)[C@@H]1CC2=O. The van der Waals surface area contributed by atoms with E-state index in [1.807, 2.05) is 6.92 Å². The number of Topliss-reactive ketones (excluding diaryl/α,β-unsaturated/α-hetero) is 2. The van der Waals surface area contributed by atoms with E-state index in [4.69, 9.17) is 0 Å². The largest absolute Gasteiger partial charge is 0.299 e. The van der Waals surface area contributed by atoms with Crippen molar-refractivity contribution >= 4 is 11.6 Å². The summed E-state index contributed by atoms with van der Waals surface area (Å²) < 4.78 is 0. The van der Waals surface area contributed by atoms with E-state index in [1.165, 1.54) is 0 Å². The molecule has 0 unspecified atom stereocenters. The Morgan fingerprint density at radius 3 is 2.58 bits per heavy atom. The molecule has 2 nitrogen and oxygen atoms in total. The van der Waals surface area contributed by atoms with Gasteiger partial charge in [-0.25, -0.2) is 0 Å². The van der Waals surface area contributed by atoms with Gasteiger partial charge in [0.2, 0.25) is 0 Å². The second-order valence-corrected chi connectivity index (χ2v) is 4.62. The molecule has 66 valence electrons. The third-order valence-electron chi connectivity index (χ3n) is 3.52. The van der Waals surface area contributed by atoms with E-state index in [9.17, 15) is 9.59 Å². The number of hydrogen-bond donors (Lipinski definition) is 0. The van der Waals surface area contributed by atoms with Crippen molar-refractivity contribution in [2.45, 2.75) is 33.1 Å². The first-order chi connectivity index (χ1) is 5.53. The van der Waals surface area contributed by atoms with Crippen molar-refractivity contribution in [3.8, 4) is 0 Å². The maximum Gasteiger partial charge on any atom is 0.139 e. The van der Waals surface area contributed by atoms with Gasteiger partial charge in [0.1, 0.15) is 11.6 Å². The fourth-order valence-corrected chi connectivity index (χ4v) is 2.73. The average Bonchev–Trinajstić information content (AvgIpc) is 1.93. The standard InChI is InChI=1S/C10H14O2/c1-6-4-10(2)5-8(11)7(6)3-9(10)12/h6-7H,3-5H2,1-2H3/t6-,7+,10-/m0/s1. The van der Waals surface area contributed by atoms with Crippen molar-refractivity contribution in [1.82, 2.24) is 0 Å². The monoisotopic (exact) mass is 166 g/mol. The van der Waals surface area contributed by atoms with Crippen LogP contribution < -0.4 is 0 Å². The maximum atomic E-state index is 11.5. The fourth-order valence-electron chi connectivity index (χ4n) is 2.73. The van der Waals surface area contributed by atoms with Crippen LogP contribution in [0.25, 0.3) is 0 Å². The summed E-state index contributed by atoms with van der Waals surface area (Å²) in [5.41, 5.74) is -0.300. The molecule has 0 spiro atoms. The Bertz CT molecular complexity index is 257. The minimum Gasteiger partial charge on any atom is -0.299 e. The Balaban J connectivity index is 2.36. The molecule has 0 aliphatic heterocycles. The van der Waals surface area contributed by atoms with Gasteiger partial charge in [-0.15, -0.1) is 0 Å². The van der Waals surface area contributed by atoms with Crippen molar-refractivity contribution in [3.63, 3.8) is 0 Å². The molecule has 12 heavy (non-hydrogen) atoms. The summed E-state index contributed by atoms with van der Waals surface area (Å²) in [6.45, 7) is 4.03. The summed E-state index contributed by atoms with van der Waals surface area (Å²) in [7, 11) is 0. The van der Waals surface area contributed by atoms with Gasteiger partial charge in [0.15, 0.2) is 0 Å². The van der Waals surface area contributed by atoms with Crippen LogP contribution in [0.2, 0.25) is 0 Å². The van der Waals surface area contributed by atoms with Crippen LogP contribution in [-0.2, 0) is 9.59 Å². The van der Waals surface area contributed by atoms with Crippen LogP contribution in [-0.4, -0.2) is 11.6 Å². The molecule has 0 radical (unpaired) electrons. The van der Waals surface area contributed by atoms with Crippen molar-refractivity contribution in [3.05, 3.63) is 0 Å². The van der Waals surface area contributed by atoms with E-state index in [-0.39, 0.29) is 11.3 Å². The van der Waals surface area contributed by atoms with Gasteiger partial charge in [0, 0.05) is 24.2 Å².